The Morgan fingerprint density at radius 1 is 1.26 bits per heavy atom. The van der Waals surface area contributed by atoms with E-state index in [1.54, 1.807) is 0 Å². The summed E-state index contributed by atoms with van der Waals surface area (Å²) in [5.41, 5.74) is -6.21. The molecule has 2 N–H and O–H groups in total. The van der Waals surface area contributed by atoms with Crippen molar-refractivity contribution in [3.8, 4) is 0 Å². The number of rotatable bonds is 6. The van der Waals surface area contributed by atoms with Crippen LogP contribution in [-0.2, 0) is 28.1 Å². The second kappa shape index (κ2) is 7.68. The van der Waals surface area contributed by atoms with Crippen molar-refractivity contribution in [1.82, 2.24) is 9.78 Å². The summed E-state index contributed by atoms with van der Waals surface area (Å²) >= 11 is 0. The minimum absolute atomic E-state index is 0.00207. The SMILES string of the molecule is CS(=N)(=O)c1cccc(NC(=O)c2c(C(F)(F)F)c(C3(F)CC3)nn2C[C@@H]2C[C@H]2C(F)(F)F)c1. The number of carbonyl (C=O) groups excluding carboxylic acids is 1. The van der Waals surface area contributed by atoms with Gasteiger partial charge in [0.25, 0.3) is 5.91 Å². The van der Waals surface area contributed by atoms with Crippen LogP contribution >= 0.6 is 0 Å². The normalized spacial score (nSPS) is 23.3. The third-order valence-corrected chi connectivity index (χ3v) is 7.01. The third kappa shape index (κ3) is 4.77. The van der Waals surface area contributed by atoms with Gasteiger partial charge in [-0.15, -0.1) is 0 Å². The molecule has 1 heterocycles. The Labute approximate surface area is 189 Å². The number of halogens is 7. The molecule has 3 atom stereocenters. The fraction of sp³-hybridized carbons (Fsp3) is 0.500. The molecule has 186 valence electrons. The first-order valence-electron chi connectivity index (χ1n) is 10.1. The first kappa shape index (κ1) is 24.5. The Morgan fingerprint density at radius 3 is 2.41 bits per heavy atom. The minimum atomic E-state index is -5.20. The van der Waals surface area contributed by atoms with Crippen molar-refractivity contribution in [2.75, 3.05) is 11.6 Å². The number of anilines is 1. The Bertz CT molecular complexity index is 1250. The number of hydrogen-bond donors (Lipinski definition) is 2. The highest BCUT2D eigenvalue weighted by Crippen LogP contribution is 2.54. The average molecular weight is 512 g/mol. The van der Waals surface area contributed by atoms with Crippen molar-refractivity contribution in [2.45, 2.75) is 48.7 Å². The molecule has 1 amide bonds. The molecular weight excluding hydrogens is 493 g/mol. The minimum Gasteiger partial charge on any atom is -0.321 e. The van der Waals surface area contributed by atoms with Crippen molar-refractivity contribution in [3.63, 3.8) is 0 Å². The van der Waals surface area contributed by atoms with Gasteiger partial charge in [0.1, 0.15) is 17.0 Å². The van der Waals surface area contributed by atoms with Crippen molar-refractivity contribution in [3.05, 3.63) is 41.2 Å². The third-order valence-electron chi connectivity index (χ3n) is 5.86. The van der Waals surface area contributed by atoms with Gasteiger partial charge in [-0.1, -0.05) is 6.07 Å². The standard InChI is InChI=1S/C20H19F7N4O2S/c1-34(28,33)12-4-2-3-11(8-12)29-17(32)15-14(20(25,26)27)16(18(21)5-6-18)30-31(15)9-10-7-13(10)19(22,23)24/h2-4,8,10,13,28H,5-7,9H2,1H3,(H,29,32)/t10-,13+,34?/m0/s1. The largest absolute Gasteiger partial charge is 0.420 e. The molecule has 2 aliphatic carbocycles. The zero-order valence-electron chi connectivity index (χ0n) is 17.6. The molecule has 34 heavy (non-hydrogen) atoms. The van der Waals surface area contributed by atoms with Gasteiger partial charge in [-0.25, -0.2) is 13.4 Å². The highest BCUT2D eigenvalue weighted by Gasteiger charge is 2.58. The zero-order valence-corrected chi connectivity index (χ0v) is 18.4. The van der Waals surface area contributed by atoms with E-state index >= 15 is 0 Å². The molecular formula is C20H19F7N4O2S. The molecule has 4 rings (SSSR count). The van der Waals surface area contributed by atoms with Gasteiger partial charge in [0.2, 0.25) is 0 Å². The van der Waals surface area contributed by atoms with Crippen LogP contribution in [-0.4, -0.2) is 32.3 Å². The predicted octanol–water partition coefficient (Wildman–Crippen LogP) is 5.35. The van der Waals surface area contributed by atoms with Crippen LogP contribution in [0.3, 0.4) is 0 Å². The van der Waals surface area contributed by atoms with E-state index in [-0.39, 0.29) is 29.8 Å². The smallest absolute Gasteiger partial charge is 0.321 e. The summed E-state index contributed by atoms with van der Waals surface area (Å²) in [5.74, 6) is -4.19. The van der Waals surface area contributed by atoms with E-state index < -0.39 is 69.0 Å². The van der Waals surface area contributed by atoms with E-state index in [1.165, 1.54) is 18.2 Å². The molecule has 0 bridgehead atoms. The first-order valence-corrected chi connectivity index (χ1v) is 12.1. The lowest BCUT2D eigenvalue weighted by molar-refractivity contribution is -0.151. The topological polar surface area (TPSA) is 87.8 Å². The van der Waals surface area contributed by atoms with Gasteiger partial charge in [0.15, 0.2) is 5.67 Å². The highest BCUT2D eigenvalue weighted by molar-refractivity contribution is 7.91. The fourth-order valence-corrected chi connectivity index (χ4v) is 4.52. The Kier molecular flexibility index (Phi) is 5.53. The molecule has 1 unspecified atom stereocenters. The van der Waals surface area contributed by atoms with Gasteiger partial charge in [-0.2, -0.15) is 31.4 Å². The van der Waals surface area contributed by atoms with Crippen molar-refractivity contribution in [1.29, 1.82) is 4.78 Å². The number of benzene rings is 1. The van der Waals surface area contributed by atoms with E-state index in [9.17, 15) is 39.7 Å². The maximum atomic E-state index is 14.8. The summed E-state index contributed by atoms with van der Waals surface area (Å²) in [5, 5.41) is 5.83. The summed E-state index contributed by atoms with van der Waals surface area (Å²) < 4.78 is 116. The number of amides is 1. The predicted molar refractivity (Wildman–Crippen MR) is 106 cm³/mol. The second-order valence-corrected chi connectivity index (χ2v) is 10.8. The quantitative estimate of drug-likeness (QED) is 0.512. The molecule has 2 fully saturated rings. The molecule has 14 heteroatoms. The van der Waals surface area contributed by atoms with Gasteiger partial charge in [-0.3, -0.25) is 9.48 Å². The van der Waals surface area contributed by atoms with Crippen LogP contribution in [0.2, 0.25) is 0 Å². The van der Waals surface area contributed by atoms with Crippen LogP contribution < -0.4 is 5.32 Å². The maximum Gasteiger partial charge on any atom is 0.420 e. The maximum absolute atomic E-state index is 14.8. The van der Waals surface area contributed by atoms with Gasteiger partial charge in [0, 0.05) is 23.4 Å². The van der Waals surface area contributed by atoms with Crippen molar-refractivity contribution >= 4 is 21.3 Å². The van der Waals surface area contributed by atoms with Gasteiger partial charge in [-0.05, 0) is 43.4 Å². The van der Waals surface area contributed by atoms with Crippen molar-refractivity contribution < 1.29 is 39.7 Å². The monoisotopic (exact) mass is 512 g/mol. The first-order chi connectivity index (χ1) is 15.5. The van der Waals surface area contributed by atoms with E-state index in [1.807, 2.05) is 0 Å². The van der Waals surface area contributed by atoms with Crippen LogP contribution in [0.25, 0.3) is 0 Å². The Morgan fingerprint density at radius 2 is 1.91 bits per heavy atom. The fourth-order valence-electron chi connectivity index (χ4n) is 3.83. The molecule has 0 saturated heterocycles. The molecule has 2 saturated carbocycles. The summed E-state index contributed by atoms with van der Waals surface area (Å²) in [6.45, 7) is -0.637. The van der Waals surface area contributed by atoms with E-state index in [4.69, 9.17) is 4.78 Å². The van der Waals surface area contributed by atoms with Crippen LogP contribution in [0.1, 0.15) is 41.0 Å². The molecule has 2 aromatic rings. The molecule has 1 aromatic heterocycles. The molecule has 0 radical (unpaired) electrons. The molecule has 0 aliphatic heterocycles. The summed E-state index contributed by atoms with van der Waals surface area (Å²) in [4.78, 5) is 13.0. The lowest BCUT2D eigenvalue weighted by atomic mass is 10.1. The zero-order chi connectivity index (χ0) is 25.3. The van der Waals surface area contributed by atoms with Gasteiger partial charge >= 0.3 is 12.4 Å². The van der Waals surface area contributed by atoms with Gasteiger partial charge < -0.3 is 5.32 Å². The van der Waals surface area contributed by atoms with Crippen LogP contribution in [0.4, 0.5) is 36.4 Å². The number of alkyl halides is 7. The number of nitrogens with one attached hydrogen (secondary N) is 2. The number of nitrogens with zero attached hydrogens (tertiary/aromatic N) is 2. The van der Waals surface area contributed by atoms with Crippen molar-refractivity contribution in [2.24, 2.45) is 11.8 Å². The average Bonchev–Trinajstić information content (AvgIpc) is 3.58. The lowest BCUT2D eigenvalue weighted by Crippen LogP contribution is -2.24. The number of carbonyl (C=O) groups is 1. The number of hydrogen-bond acceptors (Lipinski definition) is 4. The van der Waals surface area contributed by atoms with E-state index in [0.717, 1.165) is 12.3 Å². The Balaban J connectivity index is 1.75. The highest BCUT2D eigenvalue weighted by atomic mass is 32.2. The summed E-state index contributed by atoms with van der Waals surface area (Å²) in [7, 11) is -3.21. The van der Waals surface area contributed by atoms with Crippen LogP contribution in [0.15, 0.2) is 29.2 Å². The van der Waals surface area contributed by atoms with E-state index in [0.29, 0.717) is 4.68 Å². The molecule has 0 spiro atoms. The van der Waals surface area contributed by atoms with Gasteiger partial charge in [0.05, 0.1) is 15.6 Å². The van der Waals surface area contributed by atoms with Crippen LogP contribution in [0, 0.1) is 16.6 Å². The number of aromatic nitrogens is 2. The van der Waals surface area contributed by atoms with E-state index in [2.05, 4.69) is 10.4 Å². The lowest BCUT2D eigenvalue weighted by Gasteiger charge is -2.14. The summed E-state index contributed by atoms with van der Waals surface area (Å²) in [6.07, 6.45) is -9.47. The summed E-state index contributed by atoms with van der Waals surface area (Å²) in [6, 6.07) is 5.08. The van der Waals surface area contributed by atoms with Crippen LogP contribution in [0.5, 0.6) is 0 Å². The Hall–Kier alpha value is -2.64. The second-order valence-electron chi connectivity index (χ2n) is 8.69. The molecule has 2 aliphatic rings. The molecule has 1 aromatic carbocycles. The molecule has 6 nitrogen and oxygen atoms in total.